The highest BCUT2D eigenvalue weighted by Crippen LogP contribution is 2.31. The van der Waals surface area contributed by atoms with E-state index in [2.05, 4.69) is 20.8 Å². The van der Waals surface area contributed by atoms with E-state index in [1.807, 2.05) is 54.2 Å². The highest BCUT2D eigenvalue weighted by atomic mass is 16.4. The van der Waals surface area contributed by atoms with Crippen molar-refractivity contribution in [1.29, 1.82) is 0 Å². The number of benzene rings is 2. The van der Waals surface area contributed by atoms with Crippen molar-refractivity contribution in [1.82, 2.24) is 4.57 Å². The standard InChI is InChI=1S/C23H25NO3/c1-23(2,3)16-11-9-15(10-12-16)21(25)13-18(22(26)27)19-14-24(4)20-8-6-5-7-17(19)20/h5-12,14,18H,13H2,1-4H3,(H,26,27)/t18-/m0/s1. The number of ketones is 1. The number of aromatic nitrogens is 1. The van der Waals surface area contributed by atoms with Crippen LogP contribution in [0.15, 0.2) is 54.7 Å². The maximum atomic E-state index is 12.8. The Bertz CT molecular complexity index is 991. The van der Waals surface area contributed by atoms with Crippen LogP contribution in [0.1, 0.15) is 54.6 Å². The van der Waals surface area contributed by atoms with Gasteiger partial charge in [-0.3, -0.25) is 9.59 Å². The second-order valence-corrected chi connectivity index (χ2v) is 8.06. The summed E-state index contributed by atoms with van der Waals surface area (Å²) in [4.78, 5) is 24.7. The molecule has 1 N–H and O–H groups in total. The smallest absolute Gasteiger partial charge is 0.311 e. The number of hydrogen-bond donors (Lipinski definition) is 1. The largest absolute Gasteiger partial charge is 0.481 e. The predicted molar refractivity (Wildman–Crippen MR) is 107 cm³/mol. The first-order chi connectivity index (χ1) is 12.7. The van der Waals surface area contributed by atoms with Gasteiger partial charge in [0.1, 0.15) is 0 Å². The van der Waals surface area contributed by atoms with Gasteiger partial charge in [-0.1, -0.05) is 63.2 Å². The molecule has 0 bridgehead atoms. The van der Waals surface area contributed by atoms with Crippen molar-refractivity contribution >= 4 is 22.7 Å². The van der Waals surface area contributed by atoms with Crippen molar-refractivity contribution in [3.63, 3.8) is 0 Å². The summed E-state index contributed by atoms with van der Waals surface area (Å²) in [5.74, 6) is -2.01. The molecule has 4 nitrogen and oxygen atoms in total. The fraction of sp³-hybridized carbons (Fsp3) is 0.304. The SMILES string of the molecule is Cn1cc([C@H](CC(=O)c2ccc(C(C)(C)C)cc2)C(=O)O)c2ccccc21. The molecule has 0 aliphatic carbocycles. The van der Waals surface area contributed by atoms with Gasteiger partial charge in [0.05, 0.1) is 5.92 Å². The van der Waals surface area contributed by atoms with Gasteiger partial charge in [-0.25, -0.2) is 0 Å². The first kappa shape index (κ1) is 18.9. The molecule has 0 amide bonds. The molecule has 2 aromatic carbocycles. The summed E-state index contributed by atoms with van der Waals surface area (Å²) in [5, 5.41) is 10.7. The topological polar surface area (TPSA) is 59.3 Å². The van der Waals surface area contributed by atoms with Gasteiger partial charge in [0.15, 0.2) is 5.78 Å². The molecule has 4 heteroatoms. The molecule has 140 valence electrons. The minimum Gasteiger partial charge on any atom is -0.481 e. The Morgan fingerprint density at radius 3 is 2.26 bits per heavy atom. The Kier molecular flexibility index (Phi) is 4.92. The van der Waals surface area contributed by atoms with Crippen molar-refractivity contribution in [3.8, 4) is 0 Å². The van der Waals surface area contributed by atoms with Crippen LogP contribution in [0.25, 0.3) is 10.9 Å². The summed E-state index contributed by atoms with van der Waals surface area (Å²) in [6.07, 6.45) is 1.76. The second kappa shape index (κ2) is 7.03. The maximum Gasteiger partial charge on any atom is 0.311 e. The maximum absolute atomic E-state index is 12.8. The van der Waals surface area contributed by atoms with Crippen LogP contribution in [0.3, 0.4) is 0 Å². The lowest BCUT2D eigenvalue weighted by atomic mass is 9.85. The predicted octanol–water partition coefficient (Wildman–Crippen LogP) is 4.92. The van der Waals surface area contributed by atoms with Gasteiger partial charge in [0.2, 0.25) is 0 Å². The van der Waals surface area contributed by atoms with Crippen molar-refractivity contribution in [3.05, 3.63) is 71.4 Å². The summed E-state index contributed by atoms with van der Waals surface area (Å²) in [7, 11) is 1.89. The Morgan fingerprint density at radius 2 is 1.67 bits per heavy atom. The molecular weight excluding hydrogens is 338 g/mol. The number of para-hydroxylation sites is 1. The number of fused-ring (bicyclic) bond motifs is 1. The number of aryl methyl sites for hydroxylation is 1. The van der Waals surface area contributed by atoms with E-state index in [1.165, 1.54) is 0 Å². The van der Waals surface area contributed by atoms with Crippen LogP contribution >= 0.6 is 0 Å². The van der Waals surface area contributed by atoms with Gasteiger partial charge in [0, 0.05) is 36.1 Å². The summed E-state index contributed by atoms with van der Waals surface area (Å²) < 4.78 is 1.91. The van der Waals surface area contributed by atoms with Gasteiger partial charge in [-0.15, -0.1) is 0 Å². The van der Waals surface area contributed by atoms with E-state index in [0.29, 0.717) is 11.1 Å². The van der Waals surface area contributed by atoms with E-state index < -0.39 is 11.9 Å². The average molecular weight is 363 g/mol. The summed E-state index contributed by atoms with van der Waals surface area (Å²) in [6, 6.07) is 15.1. The minimum absolute atomic E-state index is 0.00807. The lowest BCUT2D eigenvalue weighted by molar-refractivity contribution is -0.138. The third-order valence-corrected chi connectivity index (χ3v) is 5.06. The molecule has 1 aromatic heterocycles. The zero-order valence-corrected chi connectivity index (χ0v) is 16.2. The molecule has 3 rings (SSSR count). The van der Waals surface area contributed by atoms with E-state index in [1.54, 1.807) is 12.1 Å². The first-order valence-electron chi connectivity index (χ1n) is 9.09. The highest BCUT2D eigenvalue weighted by molar-refractivity contribution is 6.00. The molecule has 3 aromatic rings. The van der Waals surface area contributed by atoms with Crippen LogP contribution in [0.2, 0.25) is 0 Å². The van der Waals surface area contributed by atoms with E-state index in [0.717, 1.165) is 16.5 Å². The van der Waals surface area contributed by atoms with E-state index in [9.17, 15) is 14.7 Å². The van der Waals surface area contributed by atoms with Crippen LogP contribution < -0.4 is 0 Å². The fourth-order valence-electron chi connectivity index (χ4n) is 3.44. The van der Waals surface area contributed by atoms with E-state index in [-0.39, 0.29) is 17.6 Å². The average Bonchev–Trinajstić information content (AvgIpc) is 2.95. The lowest BCUT2D eigenvalue weighted by Crippen LogP contribution is -2.16. The number of Topliss-reactive ketones (excluding diaryl/α,β-unsaturated/α-hetero) is 1. The minimum atomic E-state index is -0.981. The number of carbonyl (C=O) groups excluding carboxylic acids is 1. The van der Waals surface area contributed by atoms with Crippen molar-refractivity contribution in [2.75, 3.05) is 0 Å². The molecule has 1 heterocycles. The summed E-state index contributed by atoms with van der Waals surface area (Å²) >= 11 is 0. The first-order valence-corrected chi connectivity index (χ1v) is 9.09. The molecule has 0 aliphatic heterocycles. The summed E-state index contributed by atoms with van der Waals surface area (Å²) in [6.45, 7) is 6.35. The molecule has 0 saturated heterocycles. The van der Waals surface area contributed by atoms with Crippen LogP contribution in [0, 0.1) is 0 Å². The quantitative estimate of drug-likeness (QED) is 0.655. The van der Waals surface area contributed by atoms with Gasteiger partial charge >= 0.3 is 5.97 Å². The number of carbonyl (C=O) groups is 2. The van der Waals surface area contributed by atoms with Crippen LogP contribution in [-0.4, -0.2) is 21.4 Å². The Hall–Kier alpha value is -2.88. The third-order valence-electron chi connectivity index (χ3n) is 5.06. The Morgan fingerprint density at radius 1 is 1.04 bits per heavy atom. The van der Waals surface area contributed by atoms with Crippen molar-refractivity contribution in [2.45, 2.75) is 38.5 Å². The third kappa shape index (κ3) is 3.80. The molecule has 0 radical (unpaired) electrons. The van der Waals surface area contributed by atoms with Crippen LogP contribution in [0.4, 0.5) is 0 Å². The number of nitrogens with zero attached hydrogens (tertiary/aromatic N) is 1. The van der Waals surface area contributed by atoms with Crippen LogP contribution in [0.5, 0.6) is 0 Å². The zero-order valence-electron chi connectivity index (χ0n) is 16.2. The van der Waals surface area contributed by atoms with Gasteiger partial charge in [-0.2, -0.15) is 0 Å². The van der Waals surface area contributed by atoms with Crippen LogP contribution in [-0.2, 0) is 17.3 Å². The van der Waals surface area contributed by atoms with Crippen molar-refractivity contribution in [2.24, 2.45) is 7.05 Å². The van der Waals surface area contributed by atoms with Gasteiger partial charge in [0.25, 0.3) is 0 Å². The molecule has 27 heavy (non-hydrogen) atoms. The molecule has 0 saturated carbocycles. The second-order valence-electron chi connectivity index (χ2n) is 8.06. The number of hydrogen-bond acceptors (Lipinski definition) is 2. The molecule has 1 atom stereocenters. The fourth-order valence-corrected chi connectivity index (χ4v) is 3.44. The molecule has 0 unspecified atom stereocenters. The van der Waals surface area contributed by atoms with E-state index >= 15 is 0 Å². The highest BCUT2D eigenvalue weighted by Gasteiger charge is 2.27. The Labute approximate surface area is 159 Å². The lowest BCUT2D eigenvalue weighted by Gasteiger charge is -2.19. The number of carboxylic acids is 1. The zero-order chi connectivity index (χ0) is 19.8. The molecule has 0 fully saturated rings. The molecule has 0 aliphatic rings. The summed E-state index contributed by atoms with van der Waals surface area (Å²) in [5.41, 5.74) is 3.34. The monoisotopic (exact) mass is 363 g/mol. The van der Waals surface area contributed by atoms with Crippen molar-refractivity contribution < 1.29 is 14.7 Å². The van der Waals surface area contributed by atoms with Gasteiger partial charge < -0.3 is 9.67 Å². The molecule has 0 spiro atoms. The van der Waals surface area contributed by atoms with Gasteiger partial charge in [-0.05, 0) is 22.6 Å². The number of carboxylic acid groups (broad SMARTS) is 1. The Balaban J connectivity index is 1.90. The number of aliphatic carboxylic acids is 1. The normalized spacial score (nSPS) is 12.9. The van der Waals surface area contributed by atoms with E-state index in [4.69, 9.17) is 0 Å². The number of rotatable bonds is 5. The molecular formula is C23H25NO3.